The first-order valence-corrected chi connectivity index (χ1v) is 10.4. The van der Waals surface area contributed by atoms with Gasteiger partial charge in [0, 0.05) is 48.7 Å². The summed E-state index contributed by atoms with van der Waals surface area (Å²) in [5.41, 5.74) is 5.47. The Bertz CT molecular complexity index is 861. The largest absolute Gasteiger partial charge is 0.379 e. The molecule has 0 bridgehead atoms. The zero-order chi connectivity index (χ0) is 17.3. The van der Waals surface area contributed by atoms with Crippen molar-refractivity contribution in [2.24, 2.45) is 0 Å². The number of rotatable bonds is 3. The Balaban J connectivity index is 1.34. The summed E-state index contributed by atoms with van der Waals surface area (Å²) in [5.74, 6) is 0.633. The van der Waals surface area contributed by atoms with Gasteiger partial charge in [-0.25, -0.2) is 4.98 Å². The summed E-state index contributed by atoms with van der Waals surface area (Å²) in [5, 5.41) is 1.22. The van der Waals surface area contributed by atoms with E-state index in [2.05, 4.69) is 33.3 Å². The van der Waals surface area contributed by atoms with Crippen molar-refractivity contribution in [2.75, 3.05) is 26.3 Å². The number of pyridine rings is 1. The molecule has 1 aliphatic carbocycles. The number of nitrogens with one attached hydrogen (secondary N) is 1. The number of aromatic amines is 1. The number of aromatic nitrogens is 3. The maximum absolute atomic E-state index is 5.50. The molecule has 1 aliphatic heterocycles. The molecule has 0 unspecified atom stereocenters. The van der Waals surface area contributed by atoms with Gasteiger partial charge >= 0.3 is 0 Å². The van der Waals surface area contributed by atoms with Gasteiger partial charge in [-0.05, 0) is 43.2 Å². The predicted molar refractivity (Wildman–Crippen MR) is 105 cm³/mol. The molecule has 0 aromatic carbocycles. The van der Waals surface area contributed by atoms with Crippen molar-refractivity contribution in [3.63, 3.8) is 0 Å². The fraction of sp³-hybridized carbons (Fsp3) is 0.500. The highest BCUT2D eigenvalue weighted by Crippen LogP contribution is 2.37. The lowest BCUT2D eigenvalue weighted by Crippen LogP contribution is -2.44. The number of hydrogen-bond donors (Lipinski definition) is 1. The monoisotopic (exact) mass is 368 g/mol. The van der Waals surface area contributed by atoms with Crippen LogP contribution in [0.25, 0.3) is 21.5 Å². The molecule has 6 heteroatoms. The number of H-pyrrole nitrogens is 1. The van der Waals surface area contributed by atoms with Crippen molar-refractivity contribution in [3.05, 3.63) is 35.7 Å². The minimum Gasteiger partial charge on any atom is -0.379 e. The number of hydrogen-bond acceptors (Lipinski definition) is 5. The Morgan fingerprint density at radius 1 is 1.12 bits per heavy atom. The molecule has 0 radical (unpaired) electrons. The molecule has 5 rings (SSSR count). The lowest BCUT2D eigenvalue weighted by Gasteiger charge is -2.38. The maximum Gasteiger partial charge on any atom is 0.137 e. The molecular formula is C20H24N4OS. The summed E-state index contributed by atoms with van der Waals surface area (Å²) in [6.45, 7) is 4.00. The van der Waals surface area contributed by atoms with E-state index in [1.165, 1.54) is 47.1 Å². The third-order valence-corrected chi connectivity index (χ3v) is 6.79. The van der Waals surface area contributed by atoms with Crippen molar-refractivity contribution < 1.29 is 4.74 Å². The molecule has 2 fully saturated rings. The average Bonchev–Trinajstić information content (AvgIpc) is 3.38. The van der Waals surface area contributed by atoms with Gasteiger partial charge in [-0.15, -0.1) is 11.3 Å². The van der Waals surface area contributed by atoms with E-state index in [0.29, 0.717) is 5.92 Å². The van der Waals surface area contributed by atoms with E-state index in [1.54, 1.807) is 11.3 Å². The SMILES string of the molecule is c1ncc(-c2c[nH]c3ncc(C4CCC(N5CCOCC5)CC4)cc23)s1. The minimum absolute atomic E-state index is 0.633. The molecule has 2 aliphatic rings. The van der Waals surface area contributed by atoms with Gasteiger partial charge in [0.25, 0.3) is 0 Å². The standard InChI is InChI=1S/C20H24N4OS/c1-3-16(24-5-7-25-8-6-24)4-2-14(1)15-9-17-18(19-12-21-13-26-19)11-23-20(17)22-10-15/h9-14,16H,1-8H2,(H,22,23). The van der Waals surface area contributed by atoms with Gasteiger partial charge in [0.05, 0.1) is 23.6 Å². The highest BCUT2D eigenvalue weighted by molar-refractivity contribution is 7.13. The molecular weight excluding hydrogens is 344 g/mol. The second kappa shape index (κ2) is 7.10. The summed E-state index contributed by atoms with van der Waals surface area (Å²) in [6.07, 6.45) is 11.2. The minimum atomic E-state index is 0.633. The molecule has 26 heavy (non-hydrogen) atoms. The van der Waals surface area contributed by atoms with Crippen molar-refractivity contribution in [2.45, 2.75) is 37.6 Å². The molecule has 0 atom stereocenters. The predicted octanol–water partition coefficient (Wildman–Crippen LogP) is 4.04. The first-order chi connectivity index (χ1) is 12.9. The van der Waals surface area contributed by atoms with Crippen LogP contribution in [0.15, 0.2) is 30.2 Å². The molecule has 4 heterocycles. The fourth-order valence-corrected chi connectivity index (χ4v) is 5.17. The molecule has 3 aromatic rings. The van der Waals surface area contributed by atoms with E-state index < -0.39 is 0 Å². The van der Waals surface area contributed by atoms with E-state index in [-0.39, 0.29) is 0 Å². The van der Waals surface area contributed by atoms with Gasteiger partial charge in [-0.1, -0.05) is 0 Å². The normalized spacial score (nSPS) is 24.9. The van der Waals surface area contributed by atoms with E-state index in [9.17, 15) is 0 Å². The topological polar surface area (TPSA) is 54.0 Å². The molecule has 136 valence electrons. The summed E-state index contributed by atoms with van der Waals surface area (Å²) < 4.78 is 5.50. The van der Waals surface area contributed by atoms with Gasteiger partial charge in [-0.3, -0.25) is 9.88 Å². The summed E-state index contributed by atoms with van der Waals surface area (Å²) in [6, 6.07) is 3.10. The van der Waals surface area contributed by atoms with Crippen molar-refractivity contribution in [1.82, 2.24) is 19.9 Å². The highest BCUT2D eigenvalue weighted by atomic mass is 32.1. The van der Waals surface area contributed by atoms with Crippen LogP contribution in [0.1, 0.15) is 37.2 Å². The second-order valence-electron chi connectivity index (χ2n) is 7.39. The molecule has 1 saturated heterocycles. The molecule has 3 aromatic heterocycles. The Hall–Kier alpha value is -1.76. The Morgan fingerprint density at radius 2 is 1.96 bits per heavy atom. The highest BCUT2D eigenvalue weighted by Gasteiger charge is 2.28. The van der Waals surface area contributed by atoms with Crippen LogP contribution >= 0.6 is 11.3 Å². The molecule has 0 amide bonds. The van der Waals surface area contributed by atoms with E-state index in [0.717, 1.165) is 38.0 Å². The van der Waals surface area contributed by atoms with Gasteiger partial charge in [0.15, 0.2) is 0 Å². The van der Waals surface area contributed by atoms with Crippen LogP contribution in [-0.2, 0) is 4.74 Å². The van der Waals surface area contributed by atoms with E-state index in [4.69, 9.17) is 9.72 Å². The van der Waals surface area contributed by atoms with Crippen LogP contribution < -0.4 is 0 Å². The van der Waals surface area contributed by atoms with Crippen LogP contribution in [-0.4, -0.2) is 52.2 Å². The summed E-state index contributed by atoms with van der Waals surface area (Å²) in [4.78, 5) is 16.1. The Morgan fingerprint density at radius 3 is 2.73 bits per heavy atom. The third-order valence-electron chi connectivity index (χ3n) is 5.98. The van der Waals surface area contributed by atoms with Crippen LogP contribution in [0.2, 0.25) is 0 Å². The average molecular weight is 369 g/mol. The smallest absolute Gasteiger partial charge is 0.137 e. The first kappa shape index (κ1) is 16.4. The van der Waals surface area contributed by atoms with Crippen LogP contribution in [0, 0.1) is 0 Å². The number of ether oxygens (including phenoxy) is 1. The van der Waals surface area contributed by atoms with Crippen molar-refractivity contribution in [3.8, 4) is 10.4 Å². The molecule has 5 nitrogen and oxygen atoms in total. The van der Waals surface area contributed by atoms with Crippen LogP contribution in [0.4, 0.5) is 0 Å². The number of morpholine rings is 1. The zero-order valence-corrected chi connectivity index (χ0v) is 15.7. The lowest BCUT2D eigenvalue weighted by atomic mass is 9.81. The summed E-state index contributed by atoms with van der Waals surface area (Å²) in [7, 11) is 0. The van der Waals surface area contributed by atoms with E-state index >= 15 is 0 Å². The number of nitrogens with zero attached hydrogens (tertiary/aromatic N) is 3. The van der Waals surface area contributed by atoms with Crippen molar-refractivity contribution >= 4 is 22.4 Å². The molecule has 0 spiro atoms. The van der Waals surface area contributed by atoms with Gasteiger partial charge in [0.2, 0.25) is 0 Å². The number of thiazole rings is 1. The van der Waals surface area contributed by atoms with Crippen LogP contribution in [0.3, 0.4) is 0 Å². The Labute approximate surface area is 157 Å². The third kappa shape index (κ3) is 3.06. The number of fused-ring (bicyclic) bond motifs is 1. The molecule has 1 saturated carbocycles. The van der Waals surface area contributed by atoms with E-state index in [1.807, 2.05) is 11.7 Å². The van der Waals surface area contributed by atoms with Gasteiger partial charge in [0.1, 0.15) is 5.65 Å². The van der Waals surface area contributed by atoms with Gasteiger partial charge in [-0.2, -0.15) is 0 Å². The lowest BCUT2D eigenvalue weighted by molar-refractivity contribution is 0.00729. The maximum atomic E-state index is 5.50. The second-order valence-corrected chi connectivity index (χ2v) is 8.27. The van der Waals surface area contributed by atoms with Crippen molar-refractivity contribution in [1.29, 1.82) is 0 Å². The molecule has 1 N–H and O–H groups in total. The van der Waals surface area contributed by atoms with Crippen LogP contribution in [0.5, 0.6) is 0 Å². The zero-order valence-electron chi connectivity index (χ0n) is 14.9. The first-order valence-electron chi connectivity index (χ1n) is 9.56. The Kier molecular flexibility index (Phi) is 4.48. The fourth-order valence-electron chi connectivity index (χ4n) is 4.51. The summed E-state index contributed by atoms with van der Waals surface area (Å²) >= 11 is 1.68. The van der Waals surface area contributed by atoms with Gasteiger partial charge < -0.3 is 9.72 Å². The quantitative estimate of drug-likeness (QED) is 0.758.